The van der Waals surface area contributed by atoms with Crippen LogP contribution in [0.25, 0.3) is 0 Å². The number of rotatable bonds is 1. The van der Waals surface area contributed by atoms with E-state index in [4.69, 9.17) is 0 Å². The molecule has 0 bridgehead atoms. The van der Waals surface area contributed by atoms with Gasteiger partial charge in [0, 0.05) is 50.3 Å². The Labute approximate surface area is 118 Å². The predicted molar refractivity (Wildman–Crippen MR) is 80.5 cm³/mol. The van der Waals surface area contributed by atoms with Crippen LogP contribution in [0.1, 0.15) is 46.5 Å². The summed E-state index contributed by atoms with van der Waals surface area (Å²) in [5.74, 6) is 0. The van der Waals surface area contributed by atoms with Crippen molar-refractivity contribution in [1.82, 2.24) is 14.7 Å². The quantitative estimate of drug-likeness (QED) is 0.718. The Morgan fingerprint density at radius 3 is 2.11 bits per heavy atom. The maximum absolute atomic E-state index is 2.81. The van der Waals surface area contributed by atoms with Crippen LogP contribution < -0.4 is 0 Å². The van der Waals surface area contributed by atoms with Gasteiger partial charge in [-0.3, -0.25) is 14.7 Å². The minimum absolute atomic E-state index is 0.356. The molecular formula is C16H31N3. The lowest BCUT2D eigenvalue weighted by Crippen LogP contribution is -2.57. The van der Waals surface area contributed by atoms with Gasteiger partial charge in [0.15, 0.2) is 0 Å². The summed E-state index contributed by atoms with van der Waals surface area (Å²) in [4.78, 5) is 8.20. The van der Waals surface area contributed by atoms with E-state index in [1.165, 1.54) is 65.0 Å². The topological polar surface area (TPSA) is 9.72 Å². The maximum atomic E-state index is 2.81. The molecule has 1 atom stereocenters. The second-order valence-electron chi connectivity index (χ2n) is 7.72. The fourth-order valence-corrected chi connectivity index (χ4v) is 4.25. The van der Waals surface area contributed by atoms with Crippen molar-refractivity contribution in [3.63, 3.8) is 0 Å². The second-order valence-corrected chi connectivity index (χ2v) is 7.72. The molecule has 3 heteroatoms. The number of nitrogens with zero attached hydrogens (tertiary/aromatic N) is 3. The van der Waals surface area contributed by atoms with Crippen LogP contribution in [0.3, 0.4) is 0 Å². The van der Waals surface area contributed by atoms with Crippen LogP contribution in [-0.2, 0) is 0 Å². The summed E-state index contributed by atoms with van der Waals surface area (Å²) in [5, 5.41) is 0. The third kappa shape index (κ3) is 2.98. The van der Waals surface area contributed by atoms with Crippen LogP contribution in [0.4, 0.5) is 0 Å². The molecule has 3 nitrogen and oxygen atoms in total. The summed E-state index contributed by atoms with van der Waals surface area (Å²) in [7, 11) is 0. The monoisotopic (exact) mass is 265 g/mol. The molecule has 0 saturated carbocycles. The van der Waals surface area contributed by atoms with Crippen molar-refractivity contribution >= 4 is 0 Å². The van der Waals surface area contributed by atoms with Gasteiger partial charge in [0.1, 0.15) is 0 Å². The zero-order valence-electron chi connectivity index (χ0n) is 13.1. The van der Waals surface area contributed by atoms with E-state index in [9.17, 15) is 0 Å². The lowest BCUT2D eigenvalue weighted by Gasteiger charge is -2.47. The molecule has 3 aliphatic rings. The van der Waals surface area contributed by atoms with Gasteiger partial charge >= 0.3 is 0 Å². The first-order chi connectivity index (χ1) is 9.04. The van der Waals surface area contributed by atoms with Crippen LogP contribution in [0.5, 0.6) is 0 Å². The molecule has 1 unspecified atom stereocenters. The Morgan fingerprint density at radius 1 is 0.737 bits per heavy atom. The van der Waals surface area contributed by atoms with Gasteiger partial charge < -0.3 is 0 Å². The van der Waals surface area contributed by atoms with E-state index >= 15 is 0 Å². The second kappa shape index (κ2) is 5.34. The Kier molecular flexibility index (Phi) is 3.89. The van der Waals surface area contributed by atoms with E-state index in [0.717, 1.165) is 12.1 Å². The van der Waals surface area contributed by atoms with Crippen LogP contribution in [0, 0.1) is 0 Å². The van der Waals surface area contributed by atoms with Crippen LogP contribution >= 0.6 is 0 Å². The van der Waals surface area contributed by atoms with E-state index in [-0.39, 0.29) is 0 Å². The van der Waals surface area contributed by atoms with Crippen molar-refractivity contribution in [2.24, 2.45) is 0 Å². The third-order valence-electron chi connectivity index (χ3n) is 5.55. The predicted octanol–water partition coefficient (Wildman–Crippen LogP) is 2.03. The molecule has 3 fully saturated rings. The minimum Gasteiger partial charge on any atom is -0.298 e. The lowest BCUT2D eigenvalue weighted by molar-refractivity contribution is 0.0211. The first-order valence-corrected chi connectivity index (χ1v) is 8.27. The van der Waals surface area contributed by atoms with Gasteiger partial charge in [-0.2, -0.15) is 0 Å². The van der Waals surface area contributed by atoms with Crippen molar-refractivity contribution < 1.29 is 0 Å². The van der Waals surface area contributed by atoms with E-state index in [2.05, 4.69) is 35.5 Å². The van der Waals surface area contributed by atoms with Gasteiger partial charge in [0.05, 0.1) is 0 Å². The normalized spacial score (nSPS) is 32.7. The summed E-state index contributed by atoms with van der Waals surface area (Å²) in [6.45, 7) is 15.0. The third-order valence-corrected chi connectivity index (χ3v) is 5.55. The van der Waals surface area contributed by atoms with E-state index in [1.807, 2.05) is 0 Å². The van der Waals surface area contributed by atoms with Gasteiger partial charge in [-0.25, -0.2) is 0 Å². The number of fused-ring (bicyclic) bond motifs is 1. The average molecular weight is 265 g/mol. The van der Waals surface area contributed by atoms with Crippen LogP contribution in [0.2, 0.25) is 0 Å². The van der Waals surface area contributed by atoms with Gasteiger partial charge in [-0.1, -0.05) is 0 Å². The van der Waals surface area contributed by atoms with Gasteiger partial charge in [0.2, 0.25) is 0 Å². The number of piperazine rings is 1. The molecule has 0 aromatic carbocycles. The molecule has 0 radical (unpaired) electrons. The molecule has 0 spiro atoms. The Balaban J connectivity index is 1.51. The molecule has 110 valence electrons. The zero-order chi connectivity index (χ0) is 13.5. The maximum Gasteiger partial charge on any atom is 0.0224 e. The van der Waals surface area contributed by atoms with Crippen LogP contribution in [0.15, 0.2) is 0 Å². The first-order valence-electron chi connectivity index (χ1n) is 8.27. The summed E-state index contributed by atoms with van der Waals surface area (Å²) >= 11 is 0. The Bertz CT molecular complexity index is 302. The zero-order valence-corrected chi connectivity index (χ0v) is 13.1. The molecule has 0 amide bonds. The smallest absolute Gasteiger partial charge is 0.0224 e. The molecular weight excluding hydrogens is 234 g/mol. The first kappa shape index (κ1) is 13.8. The Morgan fingerprint density at radius 2 is 1.42 bits per heavy atom. The highest BCUT2D eigenvalue weighted by atomic mass is 15.3. The molecule has 3 rings (SSSR count). The molecule has 0 aromatic heterocycles. The highest BCUT2D eigenvalue weighted by Crippen LogP contribution is 2.27. The number of piperidine rings is 1. The van der Waals surface area contributed by atoms with Gasteiger partial charge in [0.25, 0.3) is 0 Å². The van der Waals surface area contributed by atoms with E-state index in [1.54, 1.807) is 0 Å². The molecule has 19 heavy (non-hydrogen) atoms. The fraction of sp³-hybridized carbons (Fsp3) is 1.00. The SMILES string of the molecule is CC(C)(C)N1CCC(N2CCN3CCCC3C2)CC1. The highest BCUT2D eigenvalue weighted by Gasteiger charge is 2.35. The van der Waals surface area contributed by atoms with Crippen LogP contribution in [-0.4, -0.2) is 71.6 Å². The van der Waals surface area contributed by atoms with E-state index in [0.29, 0.717) is 5.54 Å². The van der Waals surface area contributed by atoms with E-state index < -0.39 is 0 Å². The Hall–Kier alpha value is -0.120. The minimum atomic E-state index is 0.356. The van der Waals surface area contributed by atoms with Crippen molar-refractivity contribution in [3.05, 3.63) is 0 Å². The molecule has 0 aliphatic carbocycles. The molecule has 0 aromatic rings. The summed E-state index contributed by atoms with van der Waals surface area (Å²) in [5.41, 5.74) is 0.356. The summed E-state index contributed by atoms with van der Waals surface area (Å²) in [6, 6.07) is 1.75. The molecule has 3 saturated heterocycles. The van der Waals surface area contributed by atoms with Crippen molar-refractivity contribution in [2.45, 2.75) is 64.1 Å². The molecule has 3 aliphatic heterocycles. The van der Waals surface area contributed by atoms with Crippen molar-refractivity contribution in [1.29, 1.82) is 0 Å². The summed E-state index contributed by atoms with van der Waals surface area (Å²) in [6.07, 6.45) is 5.63. The molecule has 0 N–H and O–H groups in total. The lowest BCUT2D eigenvalue weighted by atomic mass is 9.96. The standard InChI is InChI=1S/C16H31N3/c1-16(2,3)19-9-6-14(7-10-19)18-12-11-17-8-4-5-15(17)13-18/h14-15H,4-13H2,1-3H3. The van der Waals surface area contributed by atoms with Gasteiger partial charge in [-0.05, 0) is 53.0 Å². The average Bonchev–Trinajstić information content (AvgIpc) is 2.85. The van der Waals surface area contributed by atoms with Crippen molar-refractivity contribution in [2.75, 3.05) is 39.3 Å². The van der Waals surface area contributed by atoms with Crippen molar-refractivity contribution in [3.8, 4) is 0 Å². The van der Waals surface area contributed by atoms with Gasteiger partial charge in [-0.15, -0.1) is 0 Å². The largest absolute Gasteiger partial charge is 0.298 e. The number of hydrogen-bond acceptors (Lipinski definition) is 3. The number of hydrogen-bond donors (Lipinski definition) is 0. The highest BCUT2D eigenvalue weighted by molar-refractivity contribution is 4.92. The molecule has 3 heterocycles. The number of likely N-dealkylation sites (tertiary alicyclic amines) is 1. The summed E-state index contributed by atoms with van der Waals surface area (Å²) < 4.78 is 0. The fourth-order valence-electron chi connectivity index (χ4n) is 4.25.